The Morgan fingerprint density at radius 3 is 2.67 bits per heavy atom. The molecule has 0 bridgehead atoms. The second kappa shape index (κ2) is 7.66. The Balaban J connectivity index is 1.68. The van der Waals surface area contributed by atoms with Crippen LogP contribution in [0.15, 0.2) is 70.5 Å². The highest BCUT2D eigenvalue weighted by Gasteiger charge is 2.19. The number of rotatable bonds is 5. The molecule has 2 heterocycles. The van der Waals surface area contributed by atoms with Gasteiger partial charge < -0.3 is 9.88 Å². The Hall–Kier alpha value is -2.44. The fraction of sp³-hybridized carbons (Fsp3) is 0.143. The van der Waals surface area contributed by atoms with Crippen LogP contribution < -0.4 is 5.32 Å². The molecule has 1 amide bonds. The number of thiophene rings is 1. The van der Waals surface area contributed by atoms with E-state index in [9.17, 15) is 4.79 Å². The summed E-state index contributed by atoms with van der Waals surface area (Å²) in [5.41, 5.74) is 3.17. The highest BCUT2D eigenvalue weighted by molar-refractivity contribution is 9.10. The van der Waals surface area contributed by atoms with Crippen molar-refractivity contribution in [2.45, 2.75) is 19.5 Å². The summed E-state index contributed by atoms with van der Waals surface area (Å²) in [6.07, 6.45) is 0. The smallest absolute Gasteiger partial charge is 0.261 e. The zero-order chi connectivity index (χ0) is 18.8. The molecule has 4 aromatic rings. The van der Waals surface area contributed by atoms with E-state index in [1.807, 2.05) is 54.8 Å². The van der Waals surface area contributed by atoms with Crippen molar-refractivity contribution in [2.24, 2.45) is 0 Å². The average molecular weight is 440 g/mol. The number of hydrogen-bond acceptors (Lipinski definition) is 3. The van der Waals surface area contributed by atoms with Gasteiger partial charge in [-0.05, 0) is 48.2 Å². The first-order chi connectivity index (χ1) is 13.1. The zero-order valence-corrected chi connectivity index (χ0v) is 17.1. The lowest BCUT2D eigenvalue weighted by molar-refractivity contribution is 0.0942. The molecule has 6 heteroatoms. The number of carbonyl (C=O) groups excluding carboxylic acids is 1. The van der Waals surface area contributed by atoms with Crippen LogP contribution in [0.4, 0.5) is 0 Å². The minimum absolute atomic E-state index is 0.0697. The Labute approximate surface area is 170 Å². The third kappa shape index (κ3) is 3.82. The fourth-order valence-electron chi connectivity index (χ4n) is 3.10. The van der Waals surface area contributed by atoms with Gasteiger partial charge in [-0.15, -0.1) is 11.3 Å². The molecular formula is C21H18BrN3OS. The molecule has 136 valence electrons. The number of carbonyl (C=O) groups is 1. The minimum atomic E-state index is -0.206. The maximum atomic E-state index is 12.5. The van der Waals surface area contributed by atoms with Crippen LogP contribution in [0.25, 0.3) is 11.0 Å². The van der Waals surface area contributed by atoms with Gasteiger partial charge in [-0.1, -0.05) is 46.3 Å². The highest BCUT2D eigenvalue weighted by Crippen LogP contribution is 2.23. The number of fused-ring (bicyclic) bond motifs is 1. The van der Waals surface area contributed by atoms with E-state index in [1.165, 1.54) is 16.9 Å². The van der Waals surface area contributed by atoms with Gasteiger partial charge in [-0.2, -0.15) is 0 Å². The van der Waals surface area contributed by atoms with E-state index >= 15 is 0 Å². The molecule has 0 saturated carbocycles. The van der Waals surface area contributed by atoms with Crippen molar-refractivity contribution in [1.29, 1.82) is 0 Å². The van der Waals surface area contributed by atoms with Gasteiger partial charge in [0.1, 0.15) is 5.82 Å². The summed E-state index contributed by atoms with van der Waals surface area (Å²) in [4.78, 5) is 18.0. The topological polar surface area (TPSA) is 46.9 Å². The van der Waals surface area contributed by atoms with Crippen molar-refractivity contribution in [3.63, 3.8) is 0 Å². The lowest BCUT2D eigenvalue weighted by Crippen LogP contribution is -2.28. The second-order valence-electron chi connectivity index (χ2n) is 6.34. The lowest BCUT2D eigenvalue weighted by Gasteiger charge is -2.16. The zero-order valence-electron chi connectivity index (χ0n) is 14.7. The molecule has 2 aromatic carbocycles. The molecule has 2 aromatic heterocycles. The van der Waals surface area contributed by atoms with Gasteiger partial charge in [0.2, 0.25) is 0 Å². The fourth-order valence-corrected chi connectivity index (χ4v) is 3.99. The van der Waals surface area contributed by atoms with E-state index in [-0.39, 0.29) is 11.9 Å². The highest BCUT2D eigenvalue weighted by atomic mass is 79.9. The molecule has 0 aliphatic rings. The first-order valence-electron chi connectivity index (χ1n) is 8.66. The predicted octanol–water partition coefficient (Wildman–Crippen LogP) is 5.40. The first kappa shape index (κ1) is 17.9. The van der Waals surface area contributed by atoms with Crippen molar-refractivity contribution in [2.75, 3.05) is 0 Å². The monoisotopic (exact) mass is 439 g/mol. The molecule has 1 atom stereocenters. The Bertz CT molecular complexity index is 1070. The van der Waals surface area contributed by atoms with E-state index in [1.54, 1.807) is 0 Å². The molecule has 0 radical (unpaired) electrons. The van der Waals surface area contributed by atoms with E-state index in [2.05, 4.69) is 44.0 Å². The van der Waals surface area contributed by atoms with Crippen molar-refractivity contribution in [3.05, 3.63) is 86.8 Å². The number of amides is 1. The molecular weight excluding hydrogens is 422 g/mol. The third-order valence-corrected chi connectivity index (χ3v) is 5.82. The van der Waals surface area contributed by atoms with E-state index < -0.39 is 0 Å². The van der Waals surface area contributed by atoms with Gasteiger partial charge in [-0.3, -0.25) is 4.79 Å². The molecule has 0 saturated heterocycles. The molecule has 1 unspecified atom stereocenters. The van der Waals surface area contributed by atoms with Crippen molar-refractivity contribution >= 4 is 44.2 Å². The number of imidazole rings is 1. The van der Waals surface area contributed by atoms with Crippen LogP contribution >= 0.6 is 27.3 Å². The van der Waals surface area contributed by atoms with Gasteiger partial charge in [0.05, 0.1) is 22.0 Å². The summed E-state index contributed by atoms with van der Waals surface area (Å²) in [5, 5.41) is 4.98. The number of nitrogens with one attached hydrogen (secondary N) is 1. The molecule has 4 nitrogen and oxygen atoms in total. The number of halogens is 1. The first-order valence-corrected chi connectivity index (χ1v) is 10.3. The van der Waals surface area contributed by atoms with Crippen molar-refractivity contribution in [3.8, 4) is 0 Å². The Kier molecular flexibility index (Phi) is 5.09. The summed E-state index contributed by atoms with van der Waals surface area (Å²) in [7, 11) is 0. The summed E-state index contributed by atoms with van der Waals surface area (Å²) >= 11 is 4.92. The van der Waals surface area contributed by atoms with Gasteiger partial charge in [0.25, 0.3) is 5.91 Å². The maximum Gasteiger partial charge on any atom is 0.261 e. The SMILES string of the molecule is CC(NC(=O)c1cccs1)c1nc2ccccc2n1Cc1ccc(Br)cc1. The molecule has 4 rings (SSSR count). The minimum Gasteiger partial charge on any atom is -0.342 e. The number of hydrogen-bond donors (Lipinski definition) is 1. The van der Waals surface area contributed by atoms with Crippen LogP contribution in [0, 0.1) is 0 Å². The van der Waals surface area contributed by atoms with Crippen LogP contribution in [0.5, 0.6) is 0 Å². The van der Waals surface area contributed by atoms with E-state index in [0.29, 0.717) is 11.4 Å². The largest absolute Gasteiger partial charge is 0.342 e. The molecule has 27 heavy (non-hydrogen) atoms. The normalized spacial score (nSPS) is 12.2. The number of aromatic nitrogens is 2. The number of benzene rings is 2. The van der Waals surface area contributed by atoms with Gasteiger partial charge in [0.15, 0.2) is 0 Å². The van der Waals surface area contributed by atoms with Crippen LogP contribution in [0.1, 0.15) is 34.0 Å². The van der Waals surface area contributed by atoms with E-state index in [4.69, 9.17) is 4.98 Å². The average Bonchev–Trinajstić information content (AvgIpc) is 3.32. The van der Waals surface area contributed by atoms with E-state index in [0.717, 1.165) is 21.3 Å². The standard InChI is InChI=1S/C21H18BrN3OS/c1-14(23-21(26)19-7-4-12-27-19)20-24-17-5-2-3-6-18(17)25(20)13-15-8-10-16(22)11-9-15/h2-12,14H,13H2,1H3,(H,23,26). The van der Waals surface area contributed by atoms with Gasteiger partial charge in [0, 0.05) is 11.0 Å². The van der Waals surface area contributed by atoms with Crippen LogP contribution in [0.2, 0.25) is 0 Å². The number of para-hydroxylation sites is 2. The van der Waals surface area contributed by atoms with Gasteiger partial charge in [-0.25, -0.2) is 4.98 Å². The summed E-state index contributed by atoms with van der Waals surface area (Å²) < 4.78 is 3.23. The molecule has 0 aliphatic carbocycles. The quantitative estimate of drug-likeness (QED) is 0.452. The predicted molar refractivity (Wildman–Crippen MR) is 113 cm³/mol. The van der Waals surface area contributed by atoms with Crippen LogP contribution in [-0.2, 0) is 6.54 Å². The summed E-state index contributed by atoms with van der Waals surface area (Å²) in [6.45, 7) is 2.67. The Morgan fingerprint density at radius 2 is 1.93 bits per heavy atom. The van der Waals surface area contributed by atoms with Crippen molar-refractivity contribution in [1.82, 2.24) is 14.9 Å². The molecule has 1 N–H and O–H groups in total. The lowest BCUT2D eigenvalue weighted by atomic mass is 10.2. The molecule has 0 aliphatic heterocycles. The van der Waals surface area contributed by atoms with Gasteiger partial charge >= 0.3 is 0 Å². The number of nitrogens with zero attached hydrogens (tertiary/aromatic N) is 2. The maximum absolute atomic E-state index is 12.5. The summed E-state index contributed by atoms with van der Waals surface area (Å²) in [6, 6.07) is 19.8. The molecule has 0 fully saturated rings. The molecule has 0 spiro atoms. The third-order valence-electron chi connectivity index (χ3n) is 4.42. The Morgan fingerprint density at radius 1 is 1.15 bits per heavy atom. The van der Waals surface area contributed by atoms with Crippen LogP contribution in [-0.4, -0.2) is 15.5 Å². The van der Waals surface area contributed by atoms with Crippen LogP contribution in [0.3, 0.4) is 0 Å². The van der Waals surface area contributed by atoms with Crippen molar-refractivity contribution < 1.29 is 4.79 Å². The summed E-state index contributed by atoms with van der Waals surface area (Å²) in [5.74, 6) is 0.781. The second-order valence-corrected chi connectivity index (χ2v) is 8.21.